The highest BCUT2D eigenvalue weighted by Crippen LogP contribution is 2.09. The van der Waals surface area contributed by atoms with Gasteiger partial charge in [-0.3, -0.25) is 4.79 Å². The van der Waals surface area contributed by atoms with Crippen LogP contribution in [0.3, 0.4) is 0 Å². The first-order valence-electron chi connectivity index (χ1n) is 3.65. The van der Waals surface area contributed by atoms with Gasteiger partial charge in [-0.1, -0.05) is 0 Å². The number of carbonyl (C=O) groups is 1. The molecular formula is C8H15NO3. The second-order valence-electron chi connectivity index (χ2n) is 3.38. The van der Waals surface area contributed by atoms with Gasteiger partial charge < -0.3 is 15.2 Å². The molecule has 0 saturated carbocycles. The van der Waals surface area contributed by atoms with Crippen LogP contribution in [0.4, 0.5) is 0 Å². The van der Waals surface area contributed by atoms with Crippen LogP contribution in [0.5, 0.6) is 0 Å². The molecule has 12 heavy (non-hydrogen) atoms. The van der Waals surface area contributed by atoms with Crippen molar-refractivity contribution in [2.45, 2.75) is 26.4 Å². The standard InChI is InChI=1S/C8H15NO3/c1-6(9-5-7(10)11)12-8(2,3)4/h9H,1,5H2,2-4H3,(H,10,11). The van der Waals surface area contributed by atoms with Gasteiger partial charge in [0.2, 0.25) is 0 Å². The summed E-state index contributed by atoms with van der Waals surface area (Å²) in [5, 5.41) is 10.8. The number of hydrogen-bond donors (Lipinski definition) is 2. The van der Waals surface area contributed by atoms with Gasteiger partial charge >= 0.3 is 5.97 Å². The molecule has 0 rings (SSSR count). The first-order chi connectivity index (χ1) is 5.31. The largest absolute Gasteiger partial charge is 0.480 e. The Bertz CT molecular complexity index is 181. The molecule has 0 aromatic rings. The SMILES string of the molecule is C=C(NCC(=O)O)OC(C)(C)C. The van der Waals surface area contributed by atoms with Crippen molar-refractivity contribution in [1.29, 1.82) is 0 Å². The number of rotatable bonds is 4. The van der Waals surface area contributed by atoms with E-state index in [2.05, 4.69) is 11.9 Å². The van der Waals surface area contributed by atoms with Gasteiger partial charge in [-0.05, 0) is 27.4 Å². The van der Waals surface area contributed by atoms with E-state index in [9.17, 15) is 4.79 Å². The van der Waals surface area contributed by atoms with Crippen LogP contribution in [-0.4, -0.2) is 23.2 Å². The molecule has 0 aromatic heterocycles. The van der Waals surface area contributed by atoms with E-state index >= 15 is 0 Å². The van der Waals surface area contributed by atoms with Gasteiger partial charge in [-0.15, -0.1) is 0 Å². The monoisotopic (exact) mass is 173 g/mol. The number of carboxylic acid groups (broad SMARTS) is 1. The maximum atomic E-state index is 10.1. The minimum atomic E-state index is -0.936. The van der Waals surface area contributed by atoms with Crippen molar-refractivity contribution in [3.05, 3.63) is 12.5 Å². The zero-order chi connectivity index (χ0) is 9.78. The number of aliphatic carboxylic acids is 1. The zero-order valence-electron chi connectivity index (χ0n) is 7.68. The highest BCUT2D eigenvalue weighted by Gasteiger charge is 2.12. The van der Waals surface area contributed by atoms with E-state index in [-0.39, 0.29) is 18.0 Å². The Labute approximate surface area is 72.2 Å². The van der Waals surface area contributed by atoms with Crippen LogP contribution in [0.1, 0.15) is 20.8 Å². The Kier molecular flexibility index (Phi) is 3.60. The topological polar surface area (TPSA) is 58.6 Å². The lowest BCUT2D eigenvalue weighted by Gasteiger charge is -2.22. The summed E-state index contributed by atoms with van der Waals surface area (Å²) >= 11 is 0. The van der Waals surface area contributed by atoms with Crippen molar-refractivity contribution in [3.8, 4) is 0 Å². The van der Waals surface area contributed by atoms with Crippen molar-refractivity contribution >= 4 is 5.97 Å². The summed E-state index contributed by atoms with van der Waals surface area (Å²) < 4.78 is 5.22. The Morgan fingerprint density at radius 2 is 2.08 bits per heavy atom. The van der Waals surface area contributed by atoms with E-state index in [0.717, 1.165) is 0 Å². The van der Waals surface area contributed by atoms with Crippen LogP contribution in [0.2, 0.25) is 0 Å². The van der Waals surface area contributed by atoms with Crippen LogP contribution in [0.25, 0.3) is 0 Å². The lowest BCUT2D eigenvalue weighted by Crippen LogP contribution is -2.28. The minimum Gasteiger partial charge on any atom is -0.480 e. The molecule has 0 aromatic carbocycles. The molecule has 2 N–H and O–H groups in total. The number of carboxylic acids is 1. The normalized spacial score (nSPS) is 10.6. The van der Waals surface area contributed by atoms with Crippen molar-refractivity contribution in [3.63, 3.8) is 0 Å². The van der Waals surface area contributed by atoms with Gasteiger partial charge in [-0.2, -0.15) is 0 Å². The molecule has 0 heterocycles. The lowest BCUT2D eigenvalue weighted by atomic mass is 10.2. The molecule has 0 amide bonds. The molecule has 0 fully saturated rings. The van der Waals surface area contributed by atoms with Crippen LogP contribution in [0, 0.1) is 0 Å². The van der Waals surface area contributed by atoms with Gasteiger partial charge in [0.05, 0.1) is 0 Å². The zero-order valence-corrected chi connectivity index (χ0v) is 7.68. The first-order valence-corrected chi connectivity index (χ1v) is 3.65. The third-order valence-corrected chi connectivity index (χ3v) is 0.866. The Hall–Kier alpha value is -1.19. The molecule has 4 heteroatoms. The fourth-order valence-electron chi connectivity index (χ4n) is 0.580. The van der Waals surface area contributed by atoms with Crippen molar-refractivity contribution in [2.24, 2.45) is 0 Å². The van der Waals surface area contributed by atoms with E-state index in [4.69, 9.17) is 9.84 Å². The van der Waals surface area contributed by atoms with Gasteiger partial charge in [0, 0.05) is 0 Å². The number of ether oxygens (including phenoxy) is 1. The molecule has 0 saturated heterocycles. The van der Waals surface area contributed by atoms with Gasteiger partial charge in [0.1, 0.15) is 12.1 Å². The molecule has 4 nitrogen and oxygen atoms in total. The van der Waals surface area contributed by atoms with E-state index in [1.54, 1.807) is 0 Å². The van der Waals surface area contributed by atoms with Gasteiger partial charge in [0.25, 0.3) is 0 Å². The second-order valence-corrected chi connectivity index (χ2v) is 3.38. The van der Waals surface area contributed by atoms with Gasteiger partial charge in [0.15, 0.2) is 5.88 Å². The third-order valence-electron chi connectivity index (χ3n) is 0.866. The summed E-state index contributed by atoms with van der Waals surface area (Å²) in [5.74, 6) is -0.654. The molecule has 0 aliphatic heterocycles. The molecular weight excluding hydrogens is 158 g/mol. The molecule has 0 aliphatic rings. The molecule has 0 atom stereocenters. The van der Waals surface area contributed by atoms with Crippen LogP contribution >= 0.6 is 0 Å². The number of hydrogen-bond acceptors (Lipinski definition) is 3. The fourth-order valence-corrected chi connectivity index (χ4v) is 0.580. The summed E-state index contributed by atoms with van der Waals surface area (Å²) in [6, 6.07) is 0. The van der Waals surface area contributed by atoms with Crippen molar-refractivity contribution in [2.75, 3.05) is 6.54 Å². The quantitative estimate of drug-likeness (QED) is 0.621. The molecule has 0 aliphatic carbocycles. The van der Waals surface area contributed by atoms with Crippen molar-refractivity contribution in [1.82, 2.24) is 5.32 Å². The third kappa shape index (κ3) is 6.92. The highest BCUT2D eigenvalue weighted by atomic mass is 16.5. The van der Waals surface area contributed by atoms with Gasteiger partial charge in [-0.25, -0.2) is 0 Å². The average molecular weight is 173 g/mol. The lowest BCUT2D eigenvalue weighted by molar-refractivity contribution is -0.136. The van der Waals surface area contributed by atoms with E-state index in [1.165, 1.54) is 0 Å². The number of nitrogens with one attached hydrogen (secondary N) is 1. The highest BCUT2D eigenvalue weighted by molar-refractivity contribution is 5.69. The maximum absolute atomic E-state index is 10.1. The second kappa shape index (κ2) is 3.99. The molecule has 0 spiro atoms. The van der Waals surface area contributed by atoms with Crippen LogP contribution < -0.4 is 5.32 Å². The van der Waals surface area contributed by atoms with Crippen molar-refractivity contribution < 1.29 is 14.6 Å². The molecule has 0 bridgehead atoms. The van der Waals surface area contributed by atoms with Crippen LogP contribution in [0.15, 0.2) is 12.5 Å². The predicted molar refractivity (Wildman–Crippen MR) is 45.6 cm³/mol. The molecule has 0 unspecified atom stereocenters. The maximum Gasteiger partial charge on any atom is 0.322 e. The first kappa shape index (κ1) is 10.8. The summed E-state index contributed by atoms with van der Waals surface area (Å²) in [6.45, 7) is 8.93. The Morgan fingerprint density at radius 3 is 2.42 bits per heavy atom. The smallest absolute Gasteiger partial charge is 0.322 e. The summed E-state index contributed by atoms with van der Waals surface area (Å²) in [6.07, 6.45) is 0. The minimum absolute atomic E-state index is 0.172. The van der Waals surface area contributed by atoms with E-state index in [1.807, 2.05) is 20.8 Å². The van der Waals surface area contributed by atoms with E-state index in [0.29, 0.717) is 0 Å². The Morgan fingerprint density at radius 1 is 1.58 bits per heavy atom. The van der Waals surface area contributed by atoms with E-state index < -0.39 is 5.97 Å². The molecule has 70 valence electrons. The van der Waals surface area contributed by atoms with Crippen LogP contribution in [-0.2, 0) is 9.53 Å². The summed E-state index contributed by atoms with van der Waals surface area (Å²) in [4.78, 5) is 10.1. The summed E-state index contributed by atoms with van der Waals surface area (Å²) in [5.41, 5.74) is -0.345. The molecule has 0 radical (unpaired) electrons. The average Bonchev–Trinajstić information content (AvgIpc) is 1.79. The predicted octanol–water partition coefficient (Wildman–Crippen LogP) is 0.947. The summed E-state index contributed by atoms with van der Waals surface area (Å²) in [7, 11) is 0. The Balaban J connectivity index is 3.68. The fraction of sp³-hybridized carbons (Fsp3) is 0.625.